The number of H-pyrrole nitrogens is 1. The molecule has 1 aliphatic carbocycles. The largest absolute Gasteiger partial charge is 0.352 e. The molecule has 0 saturated heterocycles. The molecule has 7 heteroatoms. The lowest BCUT2D eigenvalue weighted by molar-refractivity contribution is -0.121. The number of thioether (sulfide) groups is 1. The molecule has 0 aromatic carbocycles. The minimum absolute atomic E-state index is 0.0299. The van der Waals surface area contributed by atoms with Crippen LogP contribution in [0, 0.1) is 5.92 Å². The Morgan fingerprint density at radius 2 is 2.23 bits per heavy atom. The van der Waals surface area contributed by atoms with E-state index in [0.29, 0.717) is 17.6 Å². The van der Waals surface area contributed by atoms with Crippen LogP contribution in [0.1, 0.15) is 52.9 Å². The van der Waals surface area contributed by atoms with Crippen LogP contribution in [0.4, 0.5) is 0 Å². The first-order valence-electron chi connectivity index (χ1n) is 8.15. The fourth-order valence-corrected chi connectivity index (χ4v) is 3.75. The fourth-order valence-electron chi connectivity index (χ4n) is 2.86. The van der Waals surface area contributed by atoms with Crippen molar-refractivity contribution in [2.24, 2.45) is 5.92 Å². The van der Waals surface area contributed by atoms with Gasteiger partial charge in [-0.05, 0) is 32.1 Å². The van der Waals surface area contributed by atoms with Gasteiger partial charge in [-0.3, -0.25) is 9.36 Å². The van der Waals surface area contributed by atoms with Gasteiger partial charge >= 0.3 is 5.69 Å². The first kappa shape index (κ1) is 17.1. The van der Waals surface area contributed by atoms with E-state index in [1.165, 1.54) is 31.0 Å². The third kappa shape index (κ3) is 4.15. The van der Waals surface area contributed by atoms with Gasteiger partial charge in [0.1, 0.15) is 0 Å². The van der Waals surface area contributed by atoms with E-state index in [1.807, 2.05) is 13.8 Å². The standard InChI is InChI=1S/C15H26N4O2S/c1-4-9-19-14(21)17-18-15(19)22-11(3)13(20)16-12-8-6-5-7-10(12)2/h10-12H,4-9H2,1-3H3,(H,16,20)(H,17,21). The first-order valence-corrected chi connectivity index (χ1v) is 9.03. The predicted molar refractivity (Wildman–Crippen MR) is 88.0 cm³/mol. The van der Waals surface area contributed by atoms with E-state index in [4.69, 9.17) is 0 Å². The van der Waals surface area contributed by atoms with E-state index in [0.717, 1.165) is 12.8 Å². The van der Waals surface area contributed by atoms with Crippen molar-refractivity contribution in [2.75, 3.05) is 0 Å². The molecular weight excluding hydrogens is 300 g/mol. The van der Waals surface area contributed by atoms with Gasteiger partial charge in [0.2, 0.25) is 5.91 Å². The lowest BCUT2D eigenvalue weighted by Gasteiger charge is -2.30. The maximum absolute atomic E-state index is 12.4. The zero-order valence-corrected chi connectivity index (χ0v) is 14.4. The molecule has 3 unspecified atom stereocenters. The van der Waals surface area contributed by atoms with Crippen molar-refractivity contribution in [3.63, 3.8) is 0 Å². The number of hydrogen-bond acceptors (Lipinski definition) is 4. The van der Waals surface area contributed by atoms with Gasteiger partial charge in [-0.2, -0.15) is 0 Å². The topological polar surface area (TPSA) is 79.8 Å². The smallest absolute Gasteiger partial charge is 0.343 e. The Labute approximate surface area is 135 Å². The Bertz CT molecular complexity index is 554. The first-order chi connectivity index (χ1) is 10.5. The van der Waals surface area contributed by atoms with Crippen LogP contribution in [0.5, 0.6) is 0 Å². The number of nitrogens with one attached hydrogen (secondary N) is 2. The average Bonchev–Trinajstić information content (AvgIpc) is 2.83. The Balaban J connectivity index is 1.95. The van der Waals surface area contributed by atoms with Crippen LogP contribution in [0.2, 0.25) is 0 Å². The molecule has 1 amide bonds. The second-order valence-corrected chi connectivity index (χ2v) is 7.41. The second kappa shape index (κ2) is 7.85. The van der Waals surface area contributed by atoms with Crippen LogP contribution in [0.25, 0.3) is 0 Å². The zero-order chi connectivity index (χ0) is 16.1. The number of carbonyl (C=O) groups excluding carboxylic acids is 1. The summed E-state index contributed by atoms with van der Waals surface area (Å²) in [5.74, 6) is 0.570. The van der Waals surface area contributed by atoms with Crippen LogP contribution >= 0.6 is 11.8 Å². The van der Waals surface area contributed by atoms with E-state index in [9.17, 15) is 9.59 Å². The van der Waals surface area contributed by atoms with Crippen LogP contribution in [-0.4, -0.2) is 32.0 Å². The number of nitrogens with zero attached hydrogens (tertiary/aromatic N) is 2. The van der Waals surface area contributed by atoms with E-state index in [2.05, 4.69) is 22.4 Å². The molecule has 0 bridgehead atoms. The molecule has 1 saturated carbocycles. The summed E-state index contributed by atoms with van der Waals surface area (Å²) in [5, 5.41) is 9.97. The lowest BCUT2D eigenvalue weighted by atomic mass is 9.86. The van der Waals surface area contributed by atoms with Crippen LogP contribution in [0.15, 0.2) is 9.95 Å². The summed E-state index contributed by atoms with van der Waals surface area (Å²) in [4.78, 5) is 24.1. The van der Waals surface area contributed by atoms with Crippen LogP contribution in [-0.2, 0) is 11.3 Å². The van der Waals surface area contributed by atoms with Crippen molar-refractivity contribution in [3.05, 3.63) is 10.5 Å². The molecule has 3 atom stereocenters. The molecule has 1 aliphatic rings. The van der Waals surface area contributed by atoms with E-state index in [-0.39, 0.29) is 22.9 Å². The predicted octanol–water partition coefficient (Wildman–Crippen LogP) is 2.16. The highest BCUT2D eigenvalue weighted by Gasteiger charge is 2.26. The number of amides is 1. The highest BCUT2D eigenvalue weighted by atomic mass is 32.2. The average molecular weight is 326 g/mol. The molecule has 1 heterocycles. The van der Waals surface area contributed by atoms with Gasteiger partial charge in [-0.25, -0.2) is 9.89 Å². The summed E-state index contributed by atoms with van der Waals surface area (Å²) in [5.41, 5.74) is -0.210. The third-order valence-corrected chi connectivity index (χ3v) is 5.35. The molecule has 1 aromatic rings. The van der Waals surface area contributed by atoms with Gasteiger partial charge in [0.15, 0.2) is 5.16 Å². The van der Waals surface area contributed by atoms with Gasteiger partial charge in [0.05, 0.1) is 5.25 Å². The maximum Gasteiger partial charge on any atom is 0.343 e. The summed E-state index contributed by atoms with van der Waals surface area (Å²) in [6, 6.07) is 0.279. The van der Waals surface area contributed by atoms with Crippen molar-refractivity contribution in [2.45, 2.75) is 75.9 Å². The SMILES string of the molecule is CCCn1c(SC(C)C(=O)NC2CCCCC2C)n[nH]c1=O. The number of aromatic nitrogens is 3. The molecule has 1 fully saturated rings. The third-order valence-electron chi connectivity index (χ3n) is 4.26. The minimum atomic E-state index is -0.264. The van der Waals surface area contributed by atoms with Crippen LogP contribution in [0.3, 0.4) is 0 Å². The van der Waals surface area contributed by atoms with Gasteiger partial charge in [-0.15, -0.1) is 5.10 Å². The molecule has 2 N–H and O–H groups in total. The number of hydrogen-bond donors (Lipinski definition) is 2. The molecule has 0 aliphatic heterocycles. The minimum Gasteiger partial charge on any atom is -0.352 e. The Morgan fingerprint density at radius 1 is 1.50 bits per heavy atom. The van der Waals surface area contributed by atoms with Crippen molar-refractivity contribution in [1.29, 1.82) is 0 Å². The Hall–Kier alpha value is -1.24. The van der Waals surface area contributed by atoms with E-state index in [1.54, 1.807) is 4.57 Å². The van der Waals surface area contributed by atoms with E-state index >= 15 is 0 Å². The summed E-state index contributed by atoms with van der Waals surface area (Å²) >= 11 is 1.34. The van der Waals surface area contributed by atoms with Crippen molar-refractivity contribution in [3.8, 4) is 0 Å². The highest BCUT2D eigenvalue weighted by Crippen LogP contribution is 2.25. The molecule has 1 aromatic heterocycles. The summed E-state index contributed by atoms with van der Waals surface area (Å²) in [7, 11) is 0. The van der Waals surface area contributed by atoms with Crippen molar-refractivity contribution in [1.82, 2.24) is 20.1 Å². The molecule has 22 heavy (non-hydrogen) atoms. The summed E-state index contributed by atoms with van der Waals surface area (Å²) in [6.07, 6.45) is 5.54. The normalized spacial score (nSPS) is 23.2. The maximum atomic E-state index is 12.4. The Morgan fingerprint density at radius 3 is 2.91 bits per heavy atom. The number of aromatic amines is 1. The fraction of sp³-hybridized carbons (Fsp3) is 0.800. The van der Waals surface area contributed by atoms with Gasteiger partial charge in [0, 0.05) is 12.6 Å². The Kier molecular flexibility index (Phi) is 6.11. The molecule has 6 nitrogen and oxygen atoms in total. The summed E-state index contributed by atoms with van der Waals surface area (Å²) in [6.45, 7) is 6.69. The molecule has 124 valence electrons. The van der Waals surface area contributed by atoms with Gasteiger partial charge in [0.25, 0.3) is 0 Å². The quantitative estimate of drug-likeness (QED) is 0.785. The number of rotatable bonds is 6. The van der Waals surface area contributed by atoms with Crippen molar-refractivity contribution >= 4 is 17.7 Å². The molecular formula is C15H26N4O2S. The van der Waals surface area contributed by atoms with Gasteiger partial charge in [-0.1, -0.05) is 38.5 Å². The van der Waals surface area contributed by atoms with E-state index < -0.39 is 0 Å². The highest BCUT2D eigenvalue weighted by molar-refractivity contribution is 8.00. The van der Waals surface area contributed by atoms with Gasteiger partial charge < -0.3 is 5.32 Å². The second-order valence-electron chi connectivity index (χ2n) is 6.10. The summed E-state index contributed by atoms with van der Waals surface area (Å²) < 4.78 is 1.59. The molecule has 0 spiro atoms. The van der Waals surface area contributed by atoms with Crippen LogP contribution < -0.4 is 11.0 Å². The lowest BCUT2D eigenvalue weighted by Crippen LogP contribution is -2.44. The monoisotopic (exact) mass is 326 g/mol. The molecule has 2 rings (SSSR count). The van der Waals surface area contributed by atoms with Crippen molar-refractivity contribution < 1.29 is 4.79 Å². The zero-order valence-electron chi connectivity index (χ0n) is 13.6. The number of carbonyl (C=O) groups is 1. The molecule has 0 radical (unpaired) electrons.